The topological polar surface area (TPSA) is 99.6 Å². The van der Waals surface area contributed by atoms with Crippen molar-refractivity contribution in [1.29, 1.82) is 0 Å². The van der Waals surface area contributed by atoms with E-state index < -0.39 is 17.5 Å². The van der Waals surface area contributed by atoms with Crippen LogP contribution in [0.15, 0.2) is 17.1 Å². The zero-order valence-corrected chi connectivity index (χ0v) is 11.1. The Balaban J connectivity index is 2.31. The summed E-state index contributed by atoms with van der Waals surface area (Å²) in [6, 6.07) is 1.54. The highest BCUT2D eigenvalue weighted by Crippen LogP contribution is 2.39. The van der Waals surface area contributed by atoms with E-state index in [2.05, 4.69) is 4.98 Å². The molecule has 0 amide bonds. The van der Waals surface area contributed by atoms with Gasteiger partial charge in [-0.2, -0.15) is 4.98 Å². The number of aliphatic hydroxyl groups is 1. The molecule has 2 rings (SSSR count). The zero-order valence-electron chi connectivity index (χ0n) is 11.1. The summed E-state index contributed by atoms with van der Waals surface area (Å²) in [4.78, 5) is 15.5. The average molecular weight is 269 g/mol. The third-order valence-corrected chi connectivity index (χ3v) is 3.69. The molecule has 0 aromatic carbocycles. The first kappa shape index (κ1) is 14.0. The molecular formula is C12H19N3O4. The van der Waals surface area contributed by atoms with E-state index in [9.17, 15) is 9.90 Å². The van der Waals surface area contributed by atoms with Crippen molar-refractivity contribution in [3.63, 3.8) is 0 Å². The Hall–Kier alpha value is -1.44. The predicted octanol–water partition coefficient (Wildman–Crippen LogP) is -0.0995. The summed E-state index contributed by atoms with van der Waals surface area (Å²) in [5, 5.41) is 9.57. The molecule has 1 saturated heterocycles. The van der Waals surface area contributed by atoms with Crippen LogP contribution in [0.4, 0.5) is 5.82 Å². The first-order valence-corrected chi connectivity index (χ1v) is 6.22. The minimum atomic E-state index is -0.778. The lowest BCUT2D eigenvalue weighted by Gasteiger charge is -2.30. The summed E-state index contributed by atoms with van der Waals surface area (Å²) in [6.07, 6.45) is 1.85. The van der Waals surface area contributed by atoms with Crippen LogP contribution < -0.4 is 11.4 Å². The minimum Gasteiger partial charge on any atom is -0.393 e. The monoisotopic (exact) mass is 269 g/mol. The van der Waals surface area contributed by atoms with E-state index in [0.717, 1.165) is 0 Å². The second kappa shape index (κ2) is 5.28. The Labute approximate surface area is 111 Å². The highest BCUT2D eigenvalue weighted by Gasteiger charge is 2.48. The molecule has 1 aromatic heterocycles. The van der Waals surface area contributed by atoms with Gasteiger partial charge >= 0.3 is 5.69 Å². The van der Waals surface area contributed by atoms with E-state index in [-0.39, 0.29) is 18.5 Å². The van der Waals surface area contributed by atoms with E-state index in [1.165, 1.54) is 10.6 Å². The lowest BCUT2D eigenvalue weighted by Crippen LogP contribution is -2.43. The van der Waals surface area contributed by atoms with Crippen LogP contribution in [0.25, 0.3) is 0 Å². The molecule has 2 heterocycles. The molecule has 0 saturated carbocycles. The fraction of sp³-hybridized carbons (Fsp3) is 0.667. The number of aliphatic hydroxyl groups excluding tert-OH is 1. The quantitative estimate of drug-likeness (QED) is 0.792. The second-order valence-electron chi connectivity index (χ2n) is 4.65. The molecular weight excluding hydrogens is 250 g/mol. The van der Waals surface area contributed by atoms with Crippen molar-refractivity contribution in [3.8, 4) is 0 Å². The van der Waals surface area contributed by atoms with Crippen molar-refractivity contribution in [2.24, 2.45) is 0 Å². The SMILES string of the molecule is CC[C@]1(CO)O[C@H](n2ccc(N)nc2=O)C[C@@H]1OC. The minimum absolute atomic E-state index is 0.157. The Morgan fingerprint density at radius 2 is 2.47 bits per heavy atom. The van der Waals surface area contributed by atoms with Gasteiger partial charge in [-0.3, -0.25) is 4.57 Å². The van der Waals surface area contributed by atoms with E-state index in [1.54, 1.807) is 13.3 Å². The number of aromatic nitrogens is 2. The molecule has 0 spiro atoms. The fourth-order valence-corrected chi connectivity index (χ4v) is 2.48. The van der Waals surface area contributed by atoms with E-state index in [4.69, 9.17) is 15.2 Å². The van der Waals surface area contributed by atoms with E-state index >= 15 is 0 Å². The van der Waals surface area contributed by atoms with Crippen LogP contribution in [0.3, 0.4) is 0 Å². The number of nitrogens with zero attached hydrogens (tertiary/aromatic N) is 2. The average Bonchev–Trinajstić information content (AvgIpc) is 2.78. The van der Waals surface area contributed by atoms with E-state index in [1.807, 2.05) is 6.92 Å². The van der Waals surface area contributed by atoms with Crippen molar-refractivity contribution in [2.45, 2.75) is 37.7 Å². The molecule has 0 bridgehead atoms. The van der Waals surface area contributed by atoms with Crippen LogP contribution in [0, 0.1) is 0 Å². The fourth-order valence-electron chi connectivity index (χ4n) is 2.48. The molecule has 0 radical (unpaired) electrons. The van der Waals surface area contributed by atoms with Crippen LogP contribution in [0.5, 0.6) is 0 Å². The molecule has 0 unspecified atom stereocenters. The molecule has 7 heteroatoms. The van der Waals surface area contributed by atoms with Gasteiger partial charge in [-0.1, -0.05) is 6.92 Å². The standard InChI is InChI=1S/C12H19N3O4/c1-3-12(7-16)8(18-2)6-10(19-12)15-5-4-9(13)14-11(15)17/h4-5,8,10,16H,3,6-7H2,1-2H3,(H2,13,14,17)/t8-,10-,12+/m0/s1. The summed E-state index contributed by atoms with van der Waals surface area (Å²) in [5.74, 6) is 0.173. The van der Waals surface area contributed by atoms with Crippen LogP contribution >= 0.6 is 0 Å². The summed E-state index contributed by atoms with van der Waals surface area (Å²) in [5.41, 5.74) is 4.21. The Morgan fingerprint density at radius 3 is 2.95 bits per heavy atom. The maximum Gasteiger partial charge on any atom is 0.351 e. The summed E-state index contributed by atoms with van der Waals surface area (Å²) in [6.45, 7) is 1.75. The summed E-state index contributed by atoms with van der Waals surface area (Å²) in [7, 11) is 1.57. The third-order valence-electron chi connectivity index (χ3n) is 3.69. The van der Waals surface area contributed by atoms with Crippen LogP contribution in [-0.2, 0) is 9.47 Å². The van der Waals surface area contributed by atoms with E-state index in [0.29, 0.717) is 12.8 Å². The number of nitrogen functional groups attached to an aromatic ring is 1. The molecule has 1 fully saturated rings. The van der Waals surface area contributed by atoms with Gasteiger partial charge in [-0.05, 0) is 12.5 Å². The molecule has 3 N–H and O–H groups in total. The summed E-state index contributed by atoms with van der Waals surface area (Å²) >= 11 is 0. The van der Waals surface area contributed by atoms with Gasteiger partial charge in [-0.15, -0.1) is 0 Å². The maximum atomic E-state index is 11.8. The third kappa shape index (κ3) is 2.36. The maximum absolute atomic E-state index is 11.8. The van der Waals surface area contributed by atoms with Gasteiger partial charge in [0.25, 0.3) is 0 Å². The molecule has 1 aliphatic rings. The van der Waals surface area contributed by atoms with Crippen molar-refractivity contribution in [1.82, 2.24) is 9.55 Å². The number of hydrogen-bond acceptors (Lipinski definition) is 6. The molecule has 1 aromatic rings. The van der Waals surface area contributed by atoms with Crippen LogP contribution in [0.1, 0.15) is 26.0 Å². The largest absolute Gasteiger partial charge is 0.393 e. The van der Waals surface area contributed by atoms with Gasteiger partial charge in [0.1, 0.15) is 17.6 Å². The van der Waals surface area contributed by atoms with Gasteiger partial charge in [0.15, 0.2) is 0 Å². The molecule has 7 nitrogen and oxygen atoms in total. The molecule has 3 atom stereocenters. The lowest BCUT2D eigenvalue weighted by molar-refractivity contribution is -0.136. The van der Waals surface area contributed by atoms with Crippen molar-refractivity contribution >= 4 is 5.82 Å². The van der Waals surface area contributed by atoms with Gasteiger partial charge in [0.2, 0.25) is 0 Å². The highest BCUT2D eigenvalue weighted by atomic mass is 16.6. The first-order chi connectivity index (χ1) is 9.06. The molecule has 1 aliphatic heterocycles. The number of hydrogen-bond donors (Lipinski definition) is 2. The molecule has 0 aliphatic carbocycles. The molecule has 19 heavy (non-hydrogen) atoms. The zero-order chi connectivity index (χ0) is 14.0. The van der Waals surface area contributed by atoms with Crippen LogP contribution in [0.2, 0.25) is 0 Å². The normalized spacial score (nSPS) is 30.7. The number of methoxy groups -OCH3 is 1. The number of rotatable bonds is 4. The lowest BCUT2D eigenvalue weighted by atomic mass is 9.94. The predicted molar refractivity (Wildman–Crippen MR) is 68.6 cm³/mol. The Kier molecular flexibility index (Phi) is 3.88. The van der Waals surface area contributed by atoms with Gasteiger partial charge in [0, 0.05) is 19.7 Å². The smallest absolute Gasteiger partial charge is 0.351 e. The highest BCUT2D eigenvalue weighted by molar-refractivity contribution is 5.23. The number of nitrogens with two attached hydrogens (primary N) is 1. The molecule has 106 valence electrons. The van der Waals surface area contributed by atoms with Crippen LogP contribution in [-0.4, -0.2) is 40.1 Å². The summed E-state index contributed by atoms with van der Waals surface area (Å²) < 4.78 is 12.6. The van der Waals surface area contributed by atoms with Crippen molar-refractivity contribution in [2.75, 3.05) is 19.5 Å². The van der Waals surface area contributed by atoms with Crippen molar-refractivity contribution < 1.29 is 14.6 Å². The van der Waals surface area contributed by atoms with Gasteiger partial charge in [-0.25, -0.2) is 4.79 Å². The Bertz CT molecular complexity index is 498. The van der Waals surface area contributed by atoms with Gasteiger partial charge < -0.3 is 20.3 Å². The Morgan fingerprint density at radius 1 is 1.74 bits per heavy atom. The second-order valence-corrected chi connectivity index (χ2v) is 4.65. The number of ether oxygens (including phenoxy) is 2. The number of anilines is 1. The van der Waals surface area contributed by atoms with Gasteiger partial charge in [0.05, 0.1) is 12.7 Å². The van der Waals surface area contributed by atoms with Crippen molar-refractivity contribution in [3.05, 3.63) is 22.7 Å². The first-order valence-electron chi connectivity index (χ1n) is 6.22.